The maximum Gasteiger partial charge on any atom is 0.182 e. The molecule has 0 bridgehead atoms. The van der Waals surface area contributed by atoms with Gasteiger partial charge in [0.05, 0.1) is 10.1 Å². The molecule has 112 valence electrons. The molecular weight excluding hydrogens is 270 g/mol. The predicted octanol–water partition coefficient (Wildman–Crippen LogP) is 3.00. The third kappa shape index (κ3) is 3.07. The van der Waals surface area contributed by atoms with Gasteiger partial charge in [0.1, 0.15) is 0 Å². The van der Waals surface area contributed by atoms with E-state index in [1.807, 2.05) is 26.0 Å². The summed E-state index contributed by atoms with van der Waals surface area (Å²) in [6.45, 7) is 6.97. The summed E-state index contributed by atoms with van der Waals surface area (Å²) in [4.78, 5) is 0.482. The van der Waals surface area contributed by atoms with Crippen LogP contribution in [0.15, 0.2) is 23.1 Å². The van der Waals surface area contributed by atoms with Gasteiger partial charge in [0.15, 0.2) is 9.84 Å². The topological polar surface area (TPSA) is 46.2 Å². The summed E-state index contributed by atoms with van der Waals surface area (Å²) in [5.41, 5.74) is 2.18. The van der Waals surface area contributed by atoms with Crippen molar-refractivity contribution in [2.75, 3.05) is 6.54 Å². The Morgan fingerprint density at radius 1 is 1.20 bits per heavy atom. The number of sulfone groups is 1. The van der Waals surface area contributed by atoms with E-state index in [4.69, 9.17) is 0 Å². The van der Waals surface area contributed by atoms with Crippen molar-refractivity contribution in [3.63, 3.8) is 0 Å². The van der Waals surface area contributed by atoms with E-state index in [-0.39, 0.29) is 11.3 Å². The molecular formula is C16H25NO2S. The summed E-state index contributed by atoms with van der Waals surface area (Å²) >= 11 is 0. The Balaban J connectivity index is 2.26. The van der Waals surface area contributed by atoms with Crippen LogP contribution in [0, 0.1) is 13.8 Å². The summed E-state index contributed by atoms with van der Waals surface area (Å²) in [6.07, 6.45) is 3.77. The molecule has 1 saturated carbocycles. The molecule has 1 N–H and O–H groups in total. The first-order valence-electron chi connectivity index (χ1n) is 7.51. The van der Waals surface area contributed by atoms with E-state index in [0.717, 1.165) is 43.4 Å². The van der Waals surface area contributed by atoms with Crippen LogP contribution in [0.4, 0.5) is 0 Å². The molecule has 2 unspecified atom stereocenters. The average Bonchev–Trinajstić information content (AvgIpc) is 2.88. The lowest BCUT2D eigenvalue weighted by Gasteiger charge is -2.21. The second-order valence-corrected chi connectivity index (χ2v) is 7.99. The van der Waals surface area contributed by atoms with Gasteiger partial charge in [0.2, 0.25) is 0 Å². The molecule has 2 rings (SSSR count). The molecule has 1 aliphatic carbocycles. The van der Waals surface area contributed by atoms with Crippen molar-refractivity contribution in [1.82, 2.24) is 5.32 Å². The number of benzene rings is 1. The Hall–Kier alpha value is -0.870. The van der Waals surface area contributed by atoms with Gasteiger partial charge in [-0.2, -0.15) is 0 Å². The maximum absolute atomic E-state index is 12.8. The normalized spacial score (nSPS) is 23.1. The molecule has 0 saturated heterocycles. The van der Waals surface area contributed by atoms with Crippen LogP contribution in [0.25, 0.3) is 0 Å². The van der Waals surface area contributed by atoms with E-state index in [0.29, 0.717) is 4.90 Å². The van der Waals surface area contributed by atoms with Crippen LogP contribution >= 0.6 is 0 Å². The minimum atomic E-state index is -3.22. The van der Waals surface area contributed by atoms with Crippen LogP contribution in [0.3, 0.4) is 0 Å². The molecule has 2 atom stereocenters. The van der Waals surface area contributed by atoms with Gasteiger partial charge in [-0.05, 0) is 62.9 Å². The van der Waals surface area contributed by atoms with Gasteiger partial charge in [-0.1, -0.05) is 19.4 Å². The van der Waals surface area contributed by atoms with E-state index in [2.05, 4.69) is 12.2 Å². The highest BCUT2D eigenvalue weighted by Gasteiger charge is 2.37. The first kappa shape index (κ1) is 15.5. The fourth-order valence-corrected chi connectivity index (χ4v) is 5.02. The number of hydrogen-bond donors (Lipinski definition) is 1. The second-order valence-electron chi connectivity index (χ2n) is 5.82. The lowest BCUT2D eigenvalue weighted by atomic mass is 10.1. The highest BCUT2D eigenvalue weighted by molar-refractivity contribution is 7.92. The van der Waals surface area contributed by atoms with Crippen molar-refractivity contribution in [1.29, 1.82) is 0 Å². The zero-order valence-electron chi connectivity index (χ0n) is 12.6. The molecule has 1 aromatic rings. The number of nitrogens with one attached hydrogen (secondary N) is 1. The van der Waals surface area contributed by atoms with Crippen LogP contribution in [-0.4, -0.2) is 26.3 Å². The van der Waals surface area contributed by atoms with Gasteiger partial charge in [-0.15, -0.1) is 0 Å². The van der Waals surface area contributed by atoms with Crippen LogP contribution in [0.2, 0.25) is 0 Å². The van der Waals surface area contributed by atoms with E-state index in [1.165, 1.54) is 0 Å². The molecule has 3 nitrogen and oxygen atoms in total. The Morgan fingerprint density at radius 2 is 1.95 bits per heavy atom. The van der Waals surface area contributed by atoms with Crippen molar-refractivity contribution in [2.24, 2.45) is 0 Å². The fraction of sp³-hybridized carbons (Fsp3) is 0.625. The monoisotopic (exact) mass is 295 g/mol. The van der Waals surface area contributed by atoms with Gasteiger partial charge in [-0.25, -0.2) is 8.42 Å². The number of hydrogen-bond acceptors (Lipinski definition) is 3. The van der Waals surface area contributed by atoms with Gasteiger partial charge < -0.3 is 5.32 Å². The molecule has 4 heteroatoms. The Kier molecular flexibility index (Phi) is 4.86. The van der Waals surface area contributed by atoms with Crippen molar-refractivity contribution < 1.29 is 8.42 Å². The number of aryl methyl sites for hydroxylation is 2. The predicted molar refractivity (Wildman–Crippen MR) is 82.8 cm³/mol. The van der Waals surface area contributed by atoms with Gasteiger partial charge in [-0.3, -0.25) is 0 Å². The van der Waals surface area contributed by atoms with E-state index in [1.54, 1.807) is 6.07 Å². The minimum absolute atomic E-state index is 0.113. The lowest BCUT2D eigenvalue weighted by molar-refractivity contribution is 0.505. The van der Waals surface area contributed by atoms with Crippen LogP contribution in [-0.2, 0) is 9.84 Å². The third-order valence-corrected chi connectivity index (χ3v) is 6.59. The zero-order chi connectivity index (χ0) is 14.8. The molecule has 0 amide bonds. The van der Waals surface area contributed by atoms with E-state index < -0.39 is 9.84 Å². The standard InChI is InChI=1S/C16H25NO2S/c1-4-10-17-15-6-5-7-16(15)20(18,19)14-9-8-12(2)13(3)11-14/h8-9,11,15-17H,4-7,10H2,1-3H3. The molecule has 0 spiro atoms. The number of rotatable bonds is 5. The molecule has 1 fully saturated rings. The lowest BCUT2D eigenvalue weighted by Crippen LogP contribution is -2.40. The summed E-state index contributed by atoms with van der Waals surface area (Å²) in [5, 5.41) is 3.14. The second kappa shape index (κ2) is 6.27. The SMILES string of the molecule is CCCNC1CCCC1S(=O)(=O)c1ccc(C)c(C)c1. The maximum atomic E-state index is 12.8. The van der Waals surface area contributed by atoms with Crippen LogP contribution in [0.5, 0.6) is 0 Å². The van der Waals surface area contributed by atoms with Crippen molar-refractivity contribution in [2.45, 2.75) is 62.6 Å². The van der Waals surface area contributed by atoms with Crippen LogP contribution < -0.4 is 5.32 Å². The highest BCUT2D eigenvalue weighted by Crippen LogP contribution is 2.30. The average molecular weight is 295 g/mol. The molecule has 0 radical (unpaired) electrons. The summed E-state index contributed by atoms with van der Waals surface area (Å²) in [6, 6.07) is 5.60. The quantitative estimate of drug-likeness (QED) is 0.908. The van der Waals surface area contributed by atoms with E-state index >= 15 is 0 Å². The van der Waals surface area contributed by atoms with Crippen molar-refractivity contribution in [3.8, 4) is 0 Å². The van der Waals surface area contributed by atoms with Crippen molar-refractivity contribution >= 4 is 9.84 Å². The first-order valence-corrected chi connectivity index (χ1v) is 9.06. The molecule has 1 aromatic carbocycles. The minimum Gasteiger partial charge on any atom is -0.313 e. The summed E-state index contributed by atoms with van der Waals surface area (Å²) in [5.74, 6) is 0. The highest BCUT2D eigenvalue weighted by atomic mass is 32.2. The molecule has 20 heavy (non-hydrogen) atoms. The zero-order valence-corrected chi connectivity index (χ0v) is 13.5. The van der Waals surface area contributed by atoms with Gasteiger partial charge in [0, 0.05) is 6.04 Å². The van der Waals surface area contributed by atoms with E-state index in [9.17, 15) is 8.42 Å². The Bertz CT molecular complexity index is 566. The smallest absolute Gasteiger partial charge is 0.182 e. The fourth-order valence-electron chi connectivity index (χ4n) is 2.93. The summed E-state index contributed by atoms with van der Waals surface area (Å²) < 4.78 is 25.7. The largest absolute Gasteiger partial charge is 0.313 e. The molecule has 0 aliphatic heterocycles. The van der Waals surface area contributed by atoms with Gasteiger partial charge in [0.25, 0.3) is 0 Å². The van der Waals surface area contributed by atoms with Crippen LogP contribution in [0.1, 0.15) is 43.7 Å². The summed E-state index contributed by atoms with van der Waals surface area (Å²) in [7, 11) is -3.22. The first-order chi connectivity index (χ1) is 9.46. The molecule has 0 heterocycles. The van der Waals surface area contributed by atoms with Crippen molar-refractivity contribution in [3.05, 3.63) is 29.3 Å². The molecule has 1 aliphatic rings. The Labute approximate surface area is 122 Å². The molecule has 0 aromatic heterocycles. The van der Waals surface area contributed by atoms with Gasteiger partial charge >= 0.3 is 0 Å². The Morgan fingerprint density at radius 3 is 2.60 bits per heavy atom. The third-order valence-electron chi connectivity index (χ3n) is 4.31.